The monoisotopic (exact) mass is 548 g/mol. The van der Waals surface area contributed by atoms with Gasteiger partial charge >= 0.3 is 18.2 Å². The molecule has 3 rings (SSSR count). The zero-order valence-corrected chi connectivity index (χ0v) is 23.2. The lowest BCUT2D eigenvalue weighted by atomic mass is 9.81. The van der Waals surface area contributed by atoms with Crippen LogP contribution in [0.5, 0.6) is 0 Å². The molecule has 2 aliphatic heterocycles. The molecule has 0 bridgehead atoms. The minimum Gasteiger partial charge on any atom is -0.481 e. The van der Waals surface area contributed by atoms with Gasteiger partial charge in [-0.15, -0.1) is 0 Å². The quantitative estimate of drug-likeness (QED) is 0.424. The van der Waals surface area contributed by atoms with Crippen molar-refractivity contribution in [2.24, 2.45) is 11.8 Å². The predicted molar refractivity (Wildman–Crippen MR) is 143 cm³/mol. The van der Waals surface area contributed by atoms with Crippen LogP contribution in [-0.4, -0.2) is 58.2 Å². The third-order valence-electron chi connectivity index (χ3n) is 7.27. The molecule has 2 fully saturated rings. The maximum absolute atomic E-state index is 13.2. The van der Waals surface area contributed by atoms with E-state index in [1.165, 1.54) is 12.1 Å². The first kappa shape index (κ1) is 30.6. The molecule has 2 saturated heterocycles. The molecule has 1 aromatic carbocycles. The molecule has 1 aromatic rings. The van der Waals surface area contributed by atoms with Gasteiger partial charge in [0.2, 0.25) is 0 Å². The number of hydrogen-bond acceptors (Lipinski definition) is 4. The molecule has 9 heteroatoms. The number of alkyl halides is 3. The number of benzene rings is 1. The lowest BCUT2D eigenvalue weighted by Gasteiger charge is -2.46. The lowest BCUT2D eigenvalue weighted by molar-refractivity contribution is -0.139. The smallest absolute Gasteiger partial charge is 0.416 e. The van der Waals surface area contributed by atoms with Crippen LogP contribution in [0.15, 0.2) is 36.4 Å². The molecule has 0 saturated carbocycles. The summed E-state index contributed by atoms with van der Waals surface area (Å²) < 4.78 is 45.2. The van der Waals surface area contributed by atoms with Gasteiger partial charge in [-0.3, -0.25) is 9.69 Å². The van der Waals surface area contributed by atoms with E-state index in [-0.39, 0.29) is 36.4 Å². The van der Waals surface area contributed by atoms with Crippen LogP contribution in [0, 0.1) is 23.7 Å². The summed E-state index contributed by atoms with van der Waals surface area (Å²) >= 11 is 0. The molecule has 3 atom stereocenters. The van der Waals surface area contributed by atoms with Gasteiger partial charge < -0.3 is 14.7 Å². The highest BCUT2D eigenvalue weighted by Gasteiger charge is 2.39. The zero-order chi connectivity index (χ0) is 29.0. The number of likely N-dealkylation sites (tertiary alicyclic amines) is 2. The Morgan fingerprint density at radius 3 is 2.23 bits per heavy atom. The van der Waals surface area contributed by atoms with E-state index in [0.717, 1.165) is 12.1 Å². The summed E-state index contributed by atoms with van der Waals surface area (Å²) in [5, 5.41) is 9.40. The molecule has 2 heterocycles. The van der Waals surface area contributed by atoms with E-state index in [1.807, 2.05) is 27.7 Å². The van der Waals surface area contributed by atoms with Gasteiger partial charge in [-0.05, 0) is 88.5 Å². The normalized spacial score (nSPS) is 22.0. The van der Waals surface area contributed by atoms with Gasteiger partial charge in [-0.1, -0.05) is 30.6 Å². The molecular weight excluding hydrogens is 509 g/mol. The first-order valence-electron chi connectivity index (χ1n) is 13.4. The van der Waals surface area contributed by atoms with Crippen molar-refractivity contribution >= 4 is 12.1 Å². The minimum absolute atomic E-state index is 0.0152. The fourth-order valence-electron chi connectivity index (χ4n) is 5.44. The van der Waals surface area contributed by atoms with Gasteiger partial charge in [-0.2, -0.15) is 13.2 Å². The number of piperidine rings is 2. The number of carbonyl (C=O) groups excluding carboxylic acids is 1. The Labute approximate surface area is 229 Å². The second-order valence-electron chi connectivity index (χ2n) is 11.7. The van der Waals surface area contributed by atoms with Crippen LogP contribution in [-0.2, 0) is 15.7 Å². The van der Waals surface area contributed by atoms with Crippen LogP contribution in [0.4, 0.5) is 18.0 Å². The average molecular weight is 549 g/mol. The number of halogens is 3. The zero-order valence-electron chi connectivity index (χ0n) is 23.2. The number of rotatable bonds is 5. The van der Waals surface area contributed by atoms with Gasteiger partial charge in [0.1, 0.15) is 5.60 Å². The first-order chi connectivity index (χ1) is 18.1. The van der Waals surface area contributed by atoms with E-state index < -0.39 is 23.3 Å². The highest BCUT2D eigenvalue weighted by Crippen LogP contribution is 2.41. The maximum Gasteiger partial charge on any atom is 0.416 e. The van der Waals surface area contributed by atoms with Crippen molar-refractivity contribution in [3.63, 3.8) is 0 Å². The van der Waals surface area contributed by atoms with Crippen LogP contribution < -0.4 is 0 Å². The summed E-state index contributed by atoms with van der Waals surface area (Å²) in [7, 11) is 0. The summed E-state index contributed by atoms with van der Waals surface area (Å²) in [5.41, 5.74) is 0.117. The summed E-state index contributed by atoms with van der Waals surface area (Å²) in [5.74, 6) is 5.64. The van der Waals surface area contributed by atoms with E-state index in [2.05, 4.69) is 23.3 Å². The number of ether oxygens (including phenoxy) is 1. The number of aliphatic carboxylic acids is 1. The number of carboxylic acids is 1. The highest BCUT2D eigenvalue weighted by atomic mass is 19.4. The largest absolute Gasteiger partial charge is 0.481 e. The molecule has 0 aliphatic carbocycles. The molecule has 39 heavy (non-hydrogen) atoms. The summed E-state index contributed by atoms with van der Waals surface area (Å²) in [4.78, 5) is 28.0. The minimum atomic E-state index is -4.44. The number of carbonyl (C=O) groups is 2. The molecule has 0 unspecified atom stereocenters. The number of amides is 1. The van der Waals surface area contributed by atoms with E-state index in [4.69, 9.17) is 4.74 Å². The Kier molecular flexibility index (Phi) is 9.76. The fraction of sp³-hybridized carbons (Fsp3) is 0.600. The van der Waals surface area contributed by atoms with E-state index in [0.29, 0.717) is 56.5 Å². The van der Waals surface area contributed by atoms with Crippen molar-refractivity contribution in [3.05, 3.63) is 47.5 Å². The molecule has 214 valence electrons. The van der Waals surface area contributed by atoms with E-state index >= 15 is 0 Å². The standard InChI is InChI=1S/C30H39F3N2O4/c1-20(2)6-11-25(23-13-15-34(16-14-23)28(38)39-29(3,4)5)35-17-12-21(19-27(36)37)18-26(35)22-7-9-24(10-8-22)30(31,32)33/h7-10,21,23,25-26H,1,12-19H2,2-5H3,(H,36,37)/t21-,25+,26-/m0/s1. The van der Waals surface area contributed by atoms with E-state index in [1.54, 1.807) is 4.90 Å². The maximum atomic E-state index is 13.2. The molecule has 6 nitrogen and oxygen atoms in total. The van der Waals surface area contributed by atoms with Crippen molar-refractivity contribution in [1.29, 1.82) is 0 Å². The summed E-state index contributed by atoms with van der Waals surface area (Å²) in [6, 6.07) is 4.67. The van der Waals surface area contributed by atoms with Crippen molar-refractivity contribution in [2.75, 3.05) is 19.6 Å². The van der Waals surface area contributed by atoms with Crippen LogP contribution in [0.25, 0.3) is 0 Å². The lowest BCUT2D eigenvalue weighted by Crippen LogP contribution is -2.50. The number of nitrogens with zero attached hydrogens (tertiary/aromatic N) is 2. The Morgan fingerprint density at radius 2 is 1.72 bits per heavy atom. The van der Waals surface area contributed by atoms with Crippen LogP contribution in [0.3, 0.4) is 0 Å². The van der Waals surface area contributed by atoms with Gasteiger partial charge in [0.15, 0.2) is 0 Å². The first-order valence-corrected chi connectivity index (χ1v) is 13.4. The molecule has 0 aromatic heterocycles. The van der Waals surface area contributed by atoms with Crippen LogP contribution >= 0.6 is 0 Å². The Bertz CT molecular complexity index is 1090. The van der Waals surface area contributed by atoms with Crippen LogP contribution in [0.2, 0.25) is 0 Å². The highest BCUT2D eigenvalue weighted by molar-refractivity contribution is 5.68. The van der Waals surface area contributed by atoms with Crippen LogP contribution in [0.1, 0.15) is 77.0 Å². The van der Waals surface area contributed by atoms with Crippen molar-refractivity contribution < 1.29 is 32.6 Å². The summed E-state index contributed by atoms with van der Waals surface area (Å²) in [6.07, 6.45) is -2.20. The predicted octanol–water partition coefficient (Wildman–Crippen LogP) is 6.53. The Balaban J connectivity index is 1.88. The van der Waals surface area contributed by atoms with Crippen molar-refractivity contribution in [3.8, 4) is 11.8 Å². The number of hydrogen-bond donors (Lipinski definition) is 1. The second-order valence-corrected chi connectivity index (χ2v) is 11.7. The van der Waals surface area contributed by atoms with Gasteiger partial charge in [0, 0.05) is 32.1 Å². The third kappa shape index (κ3) is 8.76. The van der Waals surface area contributed by atoms with E-state index in [9.17, 15) is 27.9 Å². The topological polar surface area (TPSA) is 70.1 Å². The number of carboxylic acid groups (broad SMARTS) is 1. The molecule has 1 N–H and O–H groups in total. The molecule has 2 aliphatic rings. The average Bonchev–Trinajstić information content (AvgIpc) is 2.83. The number of allylic oxidation sites excluding steroid dienone is 1. The van der Waals surface area contributed by atoms with Gasteiger partial charge in [0.05, 0.1) is 11.6 Å². The summed E-state index contributed by atoms with van der Waals surface area (Å²) in [6.45, 7) is 12.8. The Hall–Kier alpha value is -2.99. The van der Waals surface area contributed by atoms with Crippen molar-refractivity contribution in [1.82, 2.24) is 9.80 Å². The van der Waals surface area contributed by atoms with Gasteiger partial charge in [0.25, 0.3) is 0 Å². The molecule has 1 amide bonds. The van der Waals surface area contributed by atoms with Crippen molar-refractivity contribution in [2.45, 2.75) is 83.7 Å². The fourth-order valence-corrected chi connectivity index (χ4v) is 5.44. The molecular formula is C30H39F3N2O4. The molecule has 0 radical (unpaired) electrons. The molecule has 0 spiro atoms. The Morgan fingerprint density at radius 1 is 1.10 bits per heavy atom. The van der Waals surface area contributed by atoms with Gasteiger partial charge in [-0.25, -0.2) is 4.79 Å². The third-order valence-corrected chi connectivity index (χ3v) is 7.27. The SMILES string of the molecule is C=C(C)C#C[C@H](C1CCN(C(=O)OC(C)(C)C)CC1)N1CC[C@H](CC(=O)O)C[C@H]1c1ccc(C(F)(F)F)cc1. The second kappa shape index (κ2) is 12.5.